The molecule has 0 saturated carbocycles. The van der Waals surface area contributed by atoms with Crippen LogP contribution in [0.5, 0.6) is 0 Å². The Labute approximate surface area is 118 Å². The SMILES string of the molecule is Cl.O=C(OCc1ccccc1)N1CCO[C@H](CO)C1. The molecule has 1 amide bonds. The molecule has 1 saturated heterocycles. The summed E-state index contributed by atoms with van der Waals surface area (Å²) in [6, 6.07) is 9.53. The first kappa shape index (κ1) is 15.8. The van der Waals surface area contributed by atoms with Crippen molar-refractivity contribution in [1.82, 2.24) is 4.90 Å². The van der Waals surface area contributed by atoms with Gasteiger partial charge in [-0.15, -0.1) is 12.4 Å². The van der Waals surface area contributed by atoms with Crippen molar-refractivity contribution in [2.75, 3.05) is 26.3 Å². The second kappa shape index (κ2) is 7.99. The predicted molar refractivity (Wildman–Crippen MR) is 72.3 cm³/mol. The Morgan fingerprint density at radius 2 is 2.16 bits per heavy atom. The number of aliphatic hydroxyl groups is 1. The molecular formula is C13H18ClNO4. The van der Waals surface area contributed by atoms with E-state index in [0.29, 0.717) is 19.7 Å². The summed E-state index contributed by atoms with van der Waals surface area (Å²) in [6.07, 6.45) is -0.663. The molecule has 106 valence electrons. The van der Waals surface area contributed by atoms with Gasteiger partial charge < -0.3 is 19.5 Å². The minimum Gasteiger partial charge on any atom is -0.445 e. The van der Waals surface area contributed by atoms with Crippen LogP contribution in [0.3, 0.4) is 0 Å². The Morgan fingerprint density at radius 1 is 1.42 bits per heavy atom. The van der Waals surface area contributed by atoms with Gasteiger partial charge >= 0.3 is 6.09 Å². The van der Waals surface area contributed by atoms with Gasteiger partial charge in [0.25, 0.3) is 0 Å². The van der Waals surface area contributed by atoms with Crippen molar-refractivity contribution < 1.29 is 19.4 Å². The summed E-state index contributed by atoms with van der Waals surface area (Å²) in [6.45, 7) is 1.50. The molecule has 0 bridgehead atoms. The predicted octanol–water partition coefficient (Wildman–Crippen LogP) is 1.44. The van der Waals surface area contributed by atoms with Crippen LogP contribution in [0.15, 0.2) is 30.3 Å². The first-order chi connectivity index (χ1) is 8.79. The molecule has 1 N–H and O–H groups in total. The molecule has 1 atom stereocenters. The van der Waals surface area contributed by atoms with Crippen LogP contribution in [0.1, 0.15) is 5.56 Å². The van der Waals surface area contributed by atoms with Crippen molar-refractivity contribution in [1.29, 1.82) is 0 Å². The first-order valence-corrected chi connectivity index (χ1v) is 5.97. The van der Waals surface area contributed by atoms with Crippen molar-refractivity contribution in [2.45, 2.75) is 12.7 Å². The highest BCUT2D eigenvalue weighted by atomic mass is 35.5. The van der Waals surface area contributed by atoms with Gasteiger partial charge in [0, 0.05) is 6.54 Å². The lowest BCUT2D eigenvalue weighted by Gasteiger charge is -2.31. The molecule has 1 heterocycles. The zero-order chi connectivity index (χ0) is 12.8. The maximum absolute atomic E-state index is 11.8. The van der Waals surface area contributed by atoms with E-state index >= 15 is 0 Å². The van der Waals surface area contributed by atoms with E-state index in [2.05, 4.69) is 0 Å². The third kappa shape index (κ3) is 4.70. The molecule has 6 heteroatoms. The van der Waals surface area contributed by atoms with Crippen LogP contribution in [-0.2, 0) is 16.1 Å². The van der Waals surface area contributed by atoms with Gasteiger partial charge in [-0.25, -0.2) is 4.79 Å². The lowest BCUT2D eigenvalue weighted by molar-refractivity contribution is -0.0503. The zero-order valence-corrected chi connectivity index (χ0v) is 11.3. The Morgan fingerprint density at radius 3 is 2.84 bits per heavy atom. The minimum absolute atomic E-state index is 0. The molecule has 0 spiro atoms. The Balaban J connectivity index is 0.00000180. The second-order valence-corrected chi connectivity index (χ2v) is 4.16. The molecule has 0 unspecified atom stereocenters. The summed E-state index contributed by atoms with van der Waals surface area (Å²) < 4.78 is 10.5. The number of halogens is 1. The standard InChI is InChI=1S/C13H17NO4.ClH/c15-9-12-8-14(6-7-17-12)13(16)18-10-11-4-2-1-3-5-11;/h1-5,12,15H,6-10H2;1H/t12-;/m0./s1. The van der Waals surface area contributed by atoms with E-state index in [-0.39, 0.29) is 37.8 Å². The number of nitrogens with zero attached hydrogens (tertiary/aromatic N) is 1. The Kier molecular flexibility index (Phi) is 6.62. The Bertz CT molecular complexity index is 387. The smallest absolute Gasteiger partial charge is 0.410 e. The van der Waals surface area contributed by atoms with Crippen LogP contribution >= 0.6 is 12.4 Å². The van der Waals surface area contributed by atoms with E-state index in [9.17, 15) is 4.79 Å². The third-order valence-electron chi connectivity index (χ3n) is 2.81. The average Bonchev–Trinajstić information content (AvgIpc) is 2.46. The summed E-state index contributed by atoms with van der Waals surface area (Å²) in [4.78, 5) is 13.4. The summed E-state index contributed by atoms with van der Waals surface area (Å²) in [5.74, 6) is 0. The lowest BCUT2D eigenvalue weighted by atomic mass is 10.2. The van der Waals surface area contributed by atoms with Gasteiger partial charge in [-0.1, -0.05) is 30.3 Å². The highest BCUT2D eigenvalue weighted by Crippen LogP contribution is 2.08. The van der Waals surface area contributed by atoms with Crippen LogP contribution in [0.25, 0.3) is 0 Å². The molecule has 0 aliphatic carbocycles. The summed E-state index contributed by atoms with van der Waals surface area (Å²) >= 11 is 0. The fourth-order valence-electron chi connectivity index (χ4n) is 1.81. The van der Waals surface area contributed by atoms with Gasteiger partial charge in [-0.2, -0.15) is 0 Å². The molecular weight excluding hydrogens is 270 g/mol. The normalized spacial score (nSPS) is 18.6. The fourth-order valence-corrected chi connectivity index (χ4v) is 1.81. The van der Waals surface area contributed by atoms with E-state index in [1.54, 1.807) is 4.90 Å². The summed E-state index contributed by atoms with van der Waals surface area (Å²) in [7, 11) is 0. The van der Waals surface area contributed by atoms with Gasteiger partial charge in [0.1, 0.15) is 6.61 Å². The molecule has 5 nitrogen and oxygen atoms in total. The van der Waals surface area contributed by atoms with Crippen molar-refractivity contribution in [3.8, 4) is 0 Å². The number of morpholine rings is 1. The van der Waals surface area contributed by atoms with Crippen molar-refractivity contribution in [2.24, 2.45) is 0 Å². The largest absolute Gasteiger partial charge is 0.445 e. The summed E-state index contributed by atoms with van der Waals surface area (Å²) in [5.41, 5.74) is 0.956. The van der Waals surface area contributed by atoms with Crippen LogP contribution < -0.4 is 0 Å². The highest BCUT2D eigenvalue weighted by Gasteiger charge is 2.24. The van der Waals surface area contributed by atoms with Gasteiger partial charge in [0.05, 0.1) is 25.9 Å². The lowest BCUT2D eigenvalue weighted by Crippen LogP contribution is -2.47. The number of carbonyl (C=O) groups excluding carboxylic acids is 1. The van der Waals surface area contributed by atoms with E-state index in [4.69, 9.17) is 14.6 Å². The number of aliphatic hydroxyl groups excluding tert-OH is 1. The molecule has 0 radical (unpaired) electrons. The molecule has 1 aromatic rings. The van der Waals surface area contributed by atoms with Crippen molar-refractivity contribution in [3.05, 3.63) is 35.9 Å². The number of ether oxygens (including phenoxy) is 2. The second-order valence-electron chi connectivity index (χ2n) is 4.16. The van der Waals surface area contributed by atoms with Crippen LogP contribution in [0, 0.1) is 0 Å². The molecule has 0 aromatic heterocycles. The Hall–Kier alpha value is -1.30. The van der Waals surface area contributed by atoms with Gasteiger partial charge in [-0.05, 0) is 5.56 Å². The number of hydrogen-bond acceptors (Lipinski definition) is 4. The van der Waals surface area contributed by atoms with E-state index in [1.807, 2.05) is 30.3 Å². The van der Waals surface area contributed by atoms with E-state index in [1.165, 1.54) is 0 Å². The number of benzene rings is 1. The molecule has 1 aliphatic heterocycles. The van der Waals surface area contributed by atoms with E-state index in [0.717, 1.165) is 5.56 Å². The van der Waals surface area contributed by atoms with Crippen LogP contribution in [0.4, 0.5) is 4.79 Å². The minimum atomic E-state index is -0.361. The van der Waals surface area contributed by atoms with Crippen molar-refractivity contribution in [3.63, 3.8) is 0 Å². The molecule has 1 fully saturated rings. The number of rotatable bonds is 3. The maximum Gasteiger partial charge on any atom is 0.410 e. The highest BCUT2D eigenvalue weighted by molar-refractivity contribution is 5.85. The maximum atomic E-state index is 11.8. The molecule has 19 heavy (non-hydrogen) atoms. The van der Waals surface area contributed by atoms with Crippen molar-refractivity contribution >= 4 is 18.5 Å². The average molecular weight is 288 g/mol. The fraction of sp³-hybridized carbons (Fsp3) is 0.462. The molecule has 2 rings (SSSR count). The van der Waals surface area contributed by atoms with Gasteiger partial charge in [0.15, 0.2) is 0 Å². The van der Waals surface area contributed by atoms with Gasteiger partial charge in [-0.3, -0.25) is 0 Å². The third-order valence-corrected chi connectivity index (χ3v) is 2.81. The van der Waals surface area contributed by atoms with E-state index < -0.39 is 0 Å². The zero-order valence-electron chi connectivity index (χ0n) is 10.5. The molecule has 1 aromatic carbocycles. The number of carbonyl (C=O) groups is 1. The number of amides is 1. The summed E-state index contributed by atoms with van der Waals surface area (Å²) in [5, 5.41) is 8.99. The quantitative estimate of drug-likeness (QED) is 0.914. The van der Waals surface area contributed by atoms with Crippen LogP contribution in [-0.4, -0.2) is 48.5 Å². The molecule has 1 aliphatic rings. The monoisotopic (exact) mass is 287 g/mol. The van der Waals surface area contributed by atoms with Crippen LogP contribution in [0.2, 0.25) is 0 Å². The van der Waals surface area contributed by atoms with Gasteiger partial charge in [0.2, 0.25) is 0 Å². The topological polar surface area (TPSA) is 59.0 Å². The number of hydrogen-bond donors (Lipinski definition) is 1. The first-order valence-electron chi connectivity index (χ1n) is 5.97.